The topological polar surface area (TPSA) is 111 Å². The number of para-hydroxylation sites is 6. The number of hydrogen-bond acceptors (Lipinski definition) is 11. The Morgan fingerprint density at radius 2 is 0.568 bits per heavy atom. The van der Waals surface area contributed by atoms with Gasteiger partial charge in [0.05, 0.1) is 61.1 Å². The quantitative estimate of drug-likeness (QED) is 0.0756. The summed E-state index contributed by atoms with van der Waals surface area (Å²) < 4.78 is 23.3. The lowest BCUT2D eigenvalue weighted by atomic mass is 9.78. The highest BCUT2D eigenvalue weighted by molar-refractivity contribution is 7.26. The van der Waals surface area contributed by atoms with Crippen LogP contribution in [0.3, 0.4) is 0 Å². The molecule has 11 nitrogen and oxygen atoms in total. The zero-order valence-corrected chi connectivity index (χ0v) is 76.5. The molecule has 0 N–H and O–H groups in total. The Kier molecular flexibility index (Phi) is 21.1. The van der Waals surface area contributed by atoms with Gasteiger partial charge in [-0.1, -0.05) is 303 Å². The van der Waals surface area contributed by atoms with Crippen LogP contribution in [0, 0.1) is 0 Å². The first kappa shape index (κ1) is 82.1. The molecular formula is C114H77BCl3N9O2S3. The zero-order valence-electron chi connectivity index (χ0n) is 71.8. The summed E-state index contributed by atoms with van der Waals surface area (Å²) >= 11 is 23.2. The smallest absolute Gasteiger partial charge is 0.399 e. The molecule has 25 aromatic rings. The van der Waals surface area contributed by atoms with Gasteiger partial charge in [-0.05, 0) is 193 Å². The van der Waals surface area contributed by atoms with E-state index in [1.165, 1.54) is 96.9 Å². The molecule has 0 aliphatic carbocycles. The van der Waals surface area contributed by atoms with Crippen molar-refractivity contribution < 1.29 is 9.31 Å². The van der Waals surface area contributed by atoms with Crippen molar-refractivity contribution in [3.8, 4) is 84.3 Å². The molecule has 18 heteroatoms. The fourth-order valence-electron chi connectivity index (χ4n) is 18.8. The lowest BCUT2D eigenvalue weighted by Gasteiger charge is -2.32. The van der Waals surface area contributed by atoms with Crippen molar-refractivity contribution in [2.24, 2.45) is 0 Å². The summed E-state index contributed by atoms with van der Waals surface area (Å²) in [7, 11) is -0.380. The second-order valence-electron chi connectivity index (χ2n) is 33.8. The molecule has 9 aromatic heterocycles. The average molecular weight is 1820 g/mol. The predicted octanol–water partition coefficient (Wildman–Crippen LogP) is 31.8. The Balaban J connectivity index is 0.000000105. The maximum Gasteiger partial charge on any atom is 0.494 e. The number of nitrogens with zero attached hydrogens (tertiary/aromatic N) is 9. The Hall–Kier alpha value is -14.3. The standard InChI is InChI=1S/C40H25N3S.C34H20ClN3S.C30H28BNO2.C10H4Cl2N2S/c1-3-13-26(14-4-1)39-41-38(37-32-20-8-10-24-35(32)44-40(37)42-39)28-16-11-15-27(25-28)30-21-12-23-34-36(30)31-19-7-9-22-33(31)43(34)29-17-5-2-6-18-29;35-34-36-32(31-26-15-5-7-19-29(26)39-33(31)37-34)22-11-8-10-21(20-22)24-16-9-18-28-30(24)25-14-4-6-17-27(25)38(28)23-12-2-1-3-13-23;1-29(2)30(3,4)34-31(33-29)22-13-10-12-21(20-22)24-17-11-19-27-28(24)25-16-8-9-18-26(25)32(27)23-14-6-5-7-15-23;11-8-7-5-3-1-2-4-6(5)15-9(7)14-10(12)13-8/h1-25H;1-20H;5-20H,1-4H3;1-4H. The maximum absolute atomic E-state index is 6.44. The second kappa shape index (κ2) is 33.9. The van der Waals surface area contributed by atoms with Gasteiger partial charge in [0.15, 0.2) is 5.82 Å². The molecule has 0 saturated carbocycles. The molecule has 0 radical (unpaired) electrons. The van der Waals surface area contributed by atoms with E-state index in [0.29, 0.717) is 5.15 Å². The fourth-order valence-corrected chi connectivity index (χ4v) is 22.8. The first-order valence-electron chi connectivity index (χ1n) is 43.7. The van der Waals surface area contributed by atoms with Gasteiger partial charge in [-0.2, -0.15) is 0 Å². The van der Waals surface area contributed by atoms with Gasteiger partial charge in [0.1, 0.15) is 19.6 Å². The highest BCUT2D eigenvalue weighted by Crippen LogP contribution is 2.48. The third-order valence-corrected chi connectivity index (χ3v) is 29.2. The highest BCUT2D eigenvalue weighted by Gasteiger charge is 2.52. The van der Waals surface area contributed by atoms with Crippen LogP contribution in [0.25, 0.3) is 211 Å². The van der Waals surface area contributed by atoms with E-state index in [2.05, 4.69) is 408 Å². The van der Waals surface area contributed by atoms with E-state index < -0.39 is 0 Å². The third-order valence-electron chi connectivity index (χ3n) is 25.4. The summed E-state index contributed by atoms with van der Waals surface area (Å²) in [6, 6.07) is 139. The number of fused-ring (bicyclic) bond motifs is 18. The lowest BCUT2D eigenvalue weighted by Crippen LogP contribution is -2.41. The van der Waals surface area contributed by atoms with Crippen LogP contribution >= 0.6 is 68.8 Å². The SMILES string of the molecule is CC1(C)OB(c2cccc(-c3cccc4c3c3ccccc3n4-c3ccccc3)c2)OC1(C)C.Clc1nc(-c2cccc(-c3cccc4c3c3ccccc3n4-c3ccccc3)c2)c2c(n1)sc1ccccc12.Clc1nc(Cl)c2c(n1)sc1ccccc12.c1ccc(-c2nc(-c3cccc(-c4cccc5c4c4ccccc4n5-c4ccccc4)c3)c3c(n2)sc2ccccc23)cc1. The van der Waals surface area contributed by atoms with Crippen molar-refractivity contribution >= 4 is 208 Å². The van der Waals surface area contributed by atoms with Crippen LogP contribution < -0.4 is 5.46 Å². The molecule has 1 aliphatic rings. The molecule has 1 aliphatic heterocycles. The van der Waals surface area contributed by atoms with Crippen LogP contribution in [0.1, 0.15) is 27.7 Å². The van der Waals surface area contributed by atoms with Crippen molar-refractivity contribution in [3.63, 3.8) is 0 Å². The summed E-state index contributed by atoms with van der Waals surface area (Å²) in [5.74, 6) is 0.748. The van der Waals surface area contributed by atoms with E-state index in [4.69, 9.17) is 59.1 Å². The van der Waals surface area contributed by atoms with E-state index in [1.54, 1.807) is 34.0 Å². The summed E-state index contributed by atoms with van der Waals surface area (Å²) in [5, 5.41) is 14.8. The molecule has 0 unspecified atom stereocenters. The monoisotopic (exact) mass is 1820 g/mol. The molecule has 26 rings (SSSR count). The van der Waals surface area contributed by atoms with Crippen molar-refractivity contribution in [1.82, 2.24) is 43.6 Å². The van der Waals surface area contributed by atoms with Crippen LogP contribution in [0.4, 0.5) is 0 Å². The molecule has 0 bridgehead atoms. The molecular weight excluding hydrogens is 1740 g/mol. The number of hydrogen-bond donors (Lipinski definition) is 0. The molecule has 0 amide bonds. The number of rotatable bonds is 10. The number of aromatic nitrogens is 9. The summed E-state index contributed by atoms with van der Waals surface area (Å²) in [6.45, 7) is 8.37. The van der Waals surface area contributed by atoms with Gasteiger partial charge in [-0.3, -0.25) is 0 Å². The van der Waals surface area contributed by atoms with E-state index >= 15 is 0 Å². The molecule has 1 saturated heterocycles. The Morgan fingerprint density at radius 1 is 0.258 bits per heavy atom. The van der Waals surface area contributed by atoms with Gasteiger partial charge < -0.3 is 23.0 Å². The minimum Gasteiger partial charge on any atom is -0.399 e. The van der Waals surface area contributed by atoms with E-state index in [-0.39, 0.29) is 28.9 Å². The van der Waals surface area contributed by atoms with Crippen LogP contribution in [-0.2, 0) is 9.31 Å². The zero-order chi connectivity index (χ0) is 88.9. The largest absolute Gasteiger partial charge is 0.494 e. The molecule has 632 valence electrons. The van der Waals surface area contributed by atoms with Crippen LogP contribution in [0.5, 0.6) is 0 Å². The predicted molar refractivity (Wildman–Crippen MR) is 558 cm³/mol. The van der Waals surface area contributed by atoms with Crippen LogP contribution in [-0.4, -0.2) is 61.9 Å². The lowest BCUT2D eigenvalue weighted by molar-refractivity contribution is 0.00578. The fraction of sp³-hybridized carbons (Fsp3) is 0.0526. The van der Waals surface area contributed by atoms with Crippen LogP contribution in [0.2, 0.25) is 15.7 Å². The molecule has 10 heterocycles. The number of thiophene rings is 3. The number of halogens is 3. The Bertz CT molecular complexity index is 8800. The van der Waals surface area contributed by atoms with Crippen molar-refractivity contribution in [1.29, 1.82) is 0 Å². The van der Waals surface area contributed by atoms with Crippen LogP contribution in [0.15, 0.2) is 394 Å². The Morgan fingerprint density at radius 3 is 1.00 bits per heavy atom. The average Bonchev–Trinajstić information content (AvgIpc) is 1.58. The van der Waals surface area contributed by atoms with Gasteiger partial charge in [-0.25, -0.2) is 29.9 Å². The molecule has 132 heavy (non-hydrogen) atoms. The molecule has 16 aromatic carbocycles. The van der Waals surface area contributed by atoms with Crippen molar-refractivity contribution in [2.75, 3.05) is 0 Å². The van der Waals surface area contributed by atoms with E-state index in [9.17, 15) is 0 Å². The second-order valence-corrected chi connectivity index (χ2v) is 37.9. The van der Waals surface area contributed by atoms with Gasteiger partial charge in [0.2, 0.25) is 10.6 Å². The Labute approximate surface area is 787 Å². The van der Waals surface area contributed by atoms with Gasteiger partial charge in [0.25, 0.3) is 0 Å². The molecule has 1 fully saturated rings. The number of benzene rings is 16. The minimum atomic E-state index is -0.380. The summed E-state index contributed by atoms with van der Waals surface area (Å²) in [5.41, 5.74) is 23.0. The first-order valence-corrected chi connectivity index (χ1v) is 47.3. The van der Waals surface area contributed by atoms with Gasteiger partial charge >= 0.3 is 7.12 Å². The third kappa shape index (κ3) is 14.6. The summed E-state index contributed by atoms with van der Waals surface area (Å²) in [4.78, 5) is 30.5. The molecule has 0 spiro atoms. The van der Waals surface area contributed by atoms with Gasteiger partial charge in [0, 0.05) is 107 Å². The summed E-state index contributed by atoms with van der Waals surface area (Å²) in [6.07, 6.45) is 0. The van der Waals surface area contributed by atoms with E-state index in [0.717, 1.165) is 119 Å². The van der Waals surface area contributed by atoms with E-state index in [1.807, 2.05) is 42.5 Å². The first-order chi connectivity index (χ1) is 64.7. The maximum atomic E-state index is 6.44. The highest BCUT2D eigenvalue weighted by atomic mass is 35.5. The van der Waals surface area contributed by atoms with Crippen molar-refractivity contribution in [3.05, 3.63) is 410 Å². The minimum absolute atomic E-state index is 0.194. The normalized spacial score (nSPS) is 13.0. The molecule has 0 atom stereocenters. The van der Waals surface area contributed by atoms with Crippen molar-refractivity contribution in [2.45, 2.75) is 38.9 Å². The van der Waals surface area contributed by atoms with Gasteiger partial charge in [-0.15, -0.1) is 34.0 Å².